The maximum absolute atomic E-state index is 11.9. The van der Waals surface area contributed by atoms with Gasteiger partial charge in [0.2, 0.25) is 0 Å². The summed E-state index contributed by atoms with van der Waals surface area (Å²) in [5, 5.41) is 0. The Morgan fingerprint density at radius 3 is 2.08 bits per heavy atom. The van der Waals surface area contributed by atoms with Crippen LogP contribution in [0.2, 0.25) is 0 Å². The van der Waals surface area contributed by atoms with Crippen molar-refractivity contribution >= 4 is 5.78 Å². The number of rotatable bonds is 6. The van der Waals surface area contributed by atoms with Crippen LogP contribution in [-0.2, 0) is 4.79 Å². The molecular formula is C11H21NO. The molecular weight excluding hydrogens is 162 g/mol. The predicted octanol–water partition coefficient (Wildman–Crippen LogP) is 2.25. The van der Waals surface area contributed by atoms with Crippen LogP contribution in [-0.4, -0.2) is 30.3 Å². The normalized spacial score (nSPS) is 11.8. The monoisotopic (exact) mass is 183 g/mol. The quantitative estimate of drug-likeness (QED) is 0.589. The van der Waals surface area contributed by atoms with Gasteiger partial charge in [-0.1, -0.05) is 19.9 Å². The number of carbonyl (C=O) groups is 1. The smallest absolute Gasteiger partial charge is 0.156 e. The Morgan fingerprint density at radius 1 is 1.38 bits per heavy atom. The molecule has 0 bridgehead atoms. The molecule has 0 saturated carbocycles. The second-order valence-corrected chi connectivity index (χ2v) is 3.55. The SMILES string of the molecule is C=CCC(=O)C(CC)(CC)N(C)C. The summed E-state index contributed by atoms with van der Waals surface area (Å²) in [4.78, 5) is 13.9. The molecule has 76 valence electrons. The summed E-state index contributed by atoms with van der Waals surface area (Å²) in [5.74, 6) is 0.275. The van der Waals surface area contributed by atoms with Crippen LogP contribution in [0.5, 0.6) is 0 Å². The lowest BCUT2D eigenvalue weighted by Crippen LogP contribution is -2.50. The highest BCUT2D eigenvalue weighted by molar-refractivity contribution is 5.89. The second kappa shape index (κ2) is 5.18. The standard InChI is InChI=1S/C11H21NO/c1-6-9-10(13)11(7-2,8-3)12(4)5/h6H,1,7-9H2,2-5H3. The van der Waals surface area contributed by atoms with E-state index in [2.05, 4.69) is 20.4 Å². The molecule has 0 spiro atoms. The van der Waals surface area contributed by atoms with E-state index in [1.54, 1.807) is 6.08 Å². The lowest BCUT2D eigenvalue weighted by atomic mass is 9.85. The van der Waals surface area contributed by atoms with Gasteiger partial charge >= 0.3 is 0 Å². The van der Waals surface area contributed by atoms with Crippen molar-refractivity contribution in [3.8, 4) is 0 Å². The first-order valence-electron chi connectivity index (χ1n) is 4.86. The lowest BCUT2D eigenvalue weighted by molar-refractivity contribution is -0.129. The topological polar surface area (TPSA) is 20.3 Å². The van der Waals surface area contributed by atoms with Crippen molar-refractivity contribution < 1.29 is 4.79 Å². The maximum atomic E-state index is 11.9. The third kappa shape index (κ3) is 2.41. The number of hydrogen-bond acceptors (Lipinski definition) is 2. The zero-order valence-electron chi connectivity index (χ0n) is 9.26. The molecule has 2 heteroatoms. The molecule has 0 fully saturated rings. The van der Waals surface area contributed by atoms with E-state index in [1.165, 1.54) is 0 Å². The first-order chi connectivity index (χ1) is 6.05. The third-order valence-electron chi connectivity index (χ3n) is 2.87. The first-order valence-corrected chi connectivity index (χ1v) is 4.86. The number of allylic oxidation sites excluding steroid dienone is 1. The van der Waals surface area contributed by atoms with Gasteiger partial charge in [-0.3, -0.25) is 9.69 Å². The van der Waals surface area contributed by atoms with Gasteiger partial charge in [0.25, 0.3) is 0 Å². The van der Waals surface area contributed by atoms with Crippen LogP contribution >= 0.6 is 0 Å². The summed E-state index contributed by atoms with van der Waals surface area (Å²) >= 11 is 0. The highest BCUT2D eigenvalue weighted by atomic mass is 16.1. The summed E-state index contributed by atoms with van der Waals surface area (Å²) < 4.78 is 0. The summed E-state index contributed by atoms with van der Waals surface area (Å²) in [7, 11) is 3.93. The predicted molar refractivity (Wildman–Crippen MR) is 56.8 cm³/mol. The minimum atomic E-state index is -0.284. The molecule has 2 nitrogen and oxygen atoms in total. The van der Waals surface area contributed by atoms with Gasteiger partial charge in [0.1, 0.15) is 0 Å². The number of likely N-dealkylation sites (N-methyl/N-ethyl adjacent to an activating group) is 1. The molecule has 0 aromatic rings. The number of nitrogens with zero attached hydrogens (tertiary/aromatic N) is 1. The lowest BCUT2D eigenvalue weighted by Gasteiger charge is -2.36. The molecule has 0 rings (SSSR count). The van der Waals surface area contributed by atoms with E-state index in [1.807, 2.05) is 19.0 Å². The van der Waals surface area contributed by atoms with Crippen molar-refractivity contribution in [2.45, 2.75) is 38.6 Å². The highest BCUT2D eigenvalue weighted by Crippen LogP contribution is 2.23. The summed E-state index contributed by atoms with van der Waals surface area (Å²) in [6.45, 7) is 7.72. The van der Waals surface area contributed by atoms with Gasteiger partial charge in [-0.25, -0.2) is 0 Å². The molecule has 0 atom stereocenters. The summed E-state index contributed by atoms with van der Waals surface area (Å²) in [6.07, 6.45) is 3.89. The van der Waals surface area contributed by atoms with Crippen molar-refractivity contribution in [1.29, 1.82) is 0 Å². The van der Waals surface area contributed by atoms with Gasteiger partial charge in [0, 0.05) is 6.42 Å². The van der Waals surface area contributed by atoms with Crippen molar-refractivity contribution in [3.63, 3.8) is 0 Å². The molecule has 0 aliphatic carbocycles. The van der Waals surface area contributed by atoms with Crippen LogP contribution in [0.4, 0.5) is 0 Å². The Balaban J connectivity index is 4.74. The Kier molecular flexibility index (Phi) is 4.92. The van der Waals surface area contributed by atoms with E-state index in [0.29, 0.717) is 6.42 Å². The second-order valence-electron chi connectivity index (χ2n) is 3.55. The van der Waals surface area contributed by atoms with Crippen LogP contribution in [0.3, 0.4) is 0 Å². The average Bonchev–Trinajstić information content (AvgIpc) is 2.07. The molecule has 13 heavy (non-hydrogen) atoms. The van der Waals surface area contributed by atoms with Crippen LogP contribution in [0.15, 0.2) is 12.7 Å². The Bertz CT molecular complexity index is 181. The van der Waals surface area contributed by atoms with Gasteiger partial charge in [-0.2, -0.15) is 0 Å². The zero-order valence-corrected chi connectivity index (χ0v) is 9.26. The van der Waals surface area contributed by atoms with Crippen LogP contribution in [0, 0.1) is 0 Å². The number of carbonyl (C=O) groups excluding carboxylic acids is 1. The molecule has 0 radical (unpaired) electrons. The largest absolute Gasteiger partial charge is 0.297 e. The Labute approximate surface area is 81.6 Å². The van der Waals surface area contributed by atoms with Gasteiger partial charge in [0.15, 0.2) is 5.78 Å². The van der Waals surface area contributed by atoms with Gasteiger partial charge in [-0.05, 0) is 26.9 Å². The summed E-state index contributed by atoms with van der Waals surface area (Å²) in [5.41, 5.74) is -0.284. The fourth-order valence-electron chi connectivity index (χ4n) is 1.85. The maximum Gasteiger partial charge on any atom is 0.156 e. The van der Waals surface area contributed by atoms with Crippen LogP contribution in [0.1, 0.15) is 33.1 Å². The molecule has 0 aromatic heterocycles. The number of Topliss-reactive ketones (excluding diaryl/α,β-unsaturated/α-hetero) is 1. The molecule has 0 heterocycles. The van der Waals surface area contributed by atoms with Gasteiger partial charge in [0.05, 0.1) is 5.54 Å². The van der Waals surface area contributed by atoms with Crippen molar-refractivity contribution in [1.82, 2.24) is 4.90 Å². The molecule has 0 N–H and O–H groups in total. The van der Waals surface area contributed by atoms with Crippen molar-refractivity contribution in [3.05, 3.63) is 12.7 Å². The number of ketones is 1. The van der Waals surface area contributed by atoms with E-state index in [0.717, 1.165) is 12.8 Å². The Morgan fingerprint density at radius 2 is 1.85 bits per heavy atom. The van der Waals surface area contributed by atoms with Crippen molar-refractivity contribution in [2.24, 2.45) is 0 Å². The number of hydrogen-bond donors (Lipinski definition) is 0. The highest BCUT2D eigenvalue weighted by Gasteiger charge is 2.35. The van der Waals surface area contributed by atoms with E-state index >= 15 is 0 Å². The molecule has 0 saturated heterocycles. The molecule has 0 aliphatic heterocycles. The fraction of sp³-hybridized carbons (Fsp3) is 0.727. The van der Waals surface area contributed by atoms with Crippen molar-refractivity contribution in [2.75, 3.05) is 14.1 Å². The molecule has 0 aliphatic rings. The third-order valence-corrected chi connectivity index (χ3v) is 2.87. The minimum absolute atomic E-state index is 0.275. The molecule has 0 amide bonds. The van der Waals surface area contributed by atoms with E-state index < -0.39 is 0 Å². The molecule has 0 unspecified atom stereocenters. The zero-order chi connectivity index (χ0) is 10.5. The van der Waals surface area contributed by atoms with Gasteiger partial charge in [-0.15, -0.1) is 6.58 Å². The van der Waals surface area contributed by atoms with Crippen LogP contribution in [0.25, 0.3) is 0 Å². The van der Waals surface area contributed by atoms with E-state index in [9.17, 15) is 4.79 Å². The first kappa shape index (κ1) is 12.4. The summed E-state index contributed by atoms with van der Waals surface area (Å²) in [6, 6.07) is 0. The fourth-order valence-corrected chi connectivity index (χ4v) is 1.85. The van der Waals surface area contributed by atoms with E-state index in [4.69, 9.17) is 0 Å². The van der Waals surface area contributed by atoms with Gasteiger partial charge < -0.3 is 0 Å². The van der Waals surface area contributed by atoms with E-state index in [-0.39, 0.29) is 11.3 Å². The molecule has 0 aromatic carbocycles. The Hall–Kier alpha value is -0.630. The average molecular weight is 183 g/mol. The minimum Gasteiger partial charge on any atom is -0.297 e. The van der Waals surface area contributed by atoms with Crippen LogP contribution < -0.4 is 0 Å².